The molecule has 2 rings (SSSR count). The molecule has 0 spiro atoms. The summed E-state index contributed by atoms with van der Waals surface area (Å²) >= 11 is 0. The molecule has 2 aromatic rings. The number of halogens is 1. The first-order valence-electron chi connectivity index (χ1n) is 6.39. The molecule has 0 heterocycles. The summed E-state index contributed by atoms with van der Waals surface area (Å²) in [6, 6.07) is 10.2. The summed E-state index contributed by atoms with van der Waals surface area (Å²) in [4.78, 5) is 10.4. The minimum atomic E-state index is -0.560. The van der Waals surface area contributed by atoms with E-state index in [1.54, 1.807) is 12.1 Å². The molecular formula is C15H15FN2O3. The lowest BCUT2D eigenvalue weighted by Crippen LogP contribution is -2.08. The van der Waals surface area contributed by atoms with Crippen molar-refractivity contribution in [3.05, 3.63) is 69.5 Å². The fourth-order valence-corrected chi connectivity index (χ4v) is 1.99. The molecule has 0 saturated heterocycles. The van der Waals surface area contributed by atoms with E-state index in [0.717, 1.165) is 23.8 Å². The molecule has 0 aromatic heterocycles. The van der Waals surface area contributed by atoms with Gasteiger partial charge in [-0.1, -0.05) is 18.2 Å². The third-order valence-electron chi connectivity index (χ3n) is 3.03. The maximum atomic E-state index is 13.2. The Morgan fingerprint density at radius 2 is 2.05 bits per heavy atom. The summed E-state index contributed by atoms with van der Waals surface area (Å²) in [5.74, 6) is -0.00858. The Morgan fingerprint density at radius 1 is 1.33 bits per heavy atom. The van der Waals surface area contributed by atoms with Gasteiger partial charge in [0.25, 0.3) is 5.69 Å². The molecule has 1 atom stereocenters. The van der Waals surface area contributed by atoms with Crippen molar-refractivity contribution in [2.75, 3.05) is 0 Å². The normalized spacial score (nSPS) is 12.0. The van der Waals surface area contributed by atoms with Crippen molar-refractivity contribution in [2.24, 2.45) is 5.73 Å². The number of nitro benzene ring substituents is 1. The van der Waals surface area contributed by atoms with Gasteiger partial charge in [0.15, 0.2) is 0 Å². The van der Waals surface area contributed by atoms with Gasteiger partial charge in [0.1, 0.15) is 18.2 Å². The fourth-order valence-electron chi connectivity index (χ4n) is 1.99. The van der Waals surface area contributed by atoms with Crippen LogP contribution in [0.2, 0.25) is 0 Å². The van der Waals surface area contributed by atoms with Crippen LogP contribution in [0.25, 0.3) is 0 Å². The third-order valence-corrected chi connectivity index (χ3v) is 3.03. The van der Waals surface area contributed by atoms with Crippen LogP contribution < -0.4 is 10.5 Å². The third kappa shape index (κ3) is 3.55. The topological polar surface area (TPSA) is 78.4 Å². The molecule has 6 heteroatoms. The SMILES string of the molecule is CC(N)c1ccccc1OCc1cc(F)ccc1[N+](=O)[O-]. The van der Waals surface area contributed by atoms with Gasteiger partial charge in [-0.15, -0.1) is 0 Å². The van der Waals surface area contributed by atoms with Crippen molar-refractivity contribution in [1.29, 1.82) is 0 Å². The van der Waals surface area contributed by atoms with Gasteiger partial charge in [0.05, 0.1) is 10.5 Å². The predicted molar refractivity (Wildman–Crippen MR) is 76.4 cm³/mol. The molecule has 110 valence electrons. The van der Waals surface area contributed by atoms with E-state index in [-0.39, 0.29) is 23.9 Å². The van der Waals surface area contributed by atoms with Gasteiger partial charge in [-0.2, -0.15) is 0 Å². The lowest BCUT2D eigenvalue weighted by atomic mass is 10.1. The largest absolute Gasteiger partial charge is 0.488 e. The number of nitrogens with zero attached hydrogens (tertiary/aromatic N) is 1. The van der Waals surface area contributed by atoms with Crippen LogP contribution in [0.5, 0.6) is 5.75 Å². The second kappa shape index (κ2) is 6.32. The number of hydrogen-bond acceptors (Lipinski definition) is 4. The van der Waals surface area contributed by atoms with E-state index in [9.17, 15) is 14.5 Å². The van der Waals surface area contributed by atoms with Gasteiger partial charge in [-0.25, -0.2) is 4.39 Å². The second-order valence-corrected chi connectivity index (χ2v) is 4.65. The van der Waals surface area contributed by atoms with Gasteiger partial charge >= 0.3 is 0 Å². The molecule has 0 amide bonds. The standard InChI is InChI=1S/C15H15FN2O3/c1-10(17)13-4-2-3-5-15(13)21-9-11-8-12(16)6-7-14(11)18(19)20/h2-8,10H,9,17H2,1H3. The van der Waals surface area contributed by atoms with Crippen LogP contribution >= 0.6 is 0 Å². The molecule has 0 aliphatic carbocycles. The quantitative estimate of drug-likeness (QED) is 0.676. The lowest BCUT2D eigenvalue weighted by molar-refractivity contribution is -0.385. The van der Waals surface area contributed by atoms with E-state index >= 15 is 0 Å². The van der Waals surface area contributed by atoms with Crippen molar-refractivity contribution < 1.29 is 14.1 Å². The first-order valence-corrected chi connectivity index (χ1v) is 6.39. The van der Waals surface area contributed by atoms with Crippen molar-refractivity contribution in [1.82, 2.24) is 0 Å². The molecule has 0 fully saturated rings. The van der Waals surface area contributed by atoms with Crippen LogP contribution in [0, 0.1) is 15.9 Å². The van der Waals surface area contributed by atoms with Crippen molar-refractivity contribution in [3.8, 4) is 5.75 Å². The molecule has 2 aromatic carbocycles. The molecule has 0 bridgehead atoms. The minimum Gasteiger partial charge on any atom is -0.488 e. The Hall–Kier alpha value is -2.47. The number of para-hydroxylation sites is 1. The number of ether oxygens (including phenoxy) is 1. The Bertz CT molecular complexity index is 659. The number of benzene rings is 2. The Labute approximate surface area is 121 Å². The van der Waals surface area contributed by atoms with Gasteiger partial charge < -0.3 is 10.5 Å². The fraction of sp³-hybridized carbons (Fsp3) is 0.200. The summed E-state index contributed by atoms with van der Waals surface area (Å²) in [6.45, 7) is 1.71. The van der Waals surface area contributed by atoms with E-state index in [2.05, 4.69) is 0 Å². The van der Waals surface area contributed by atoms with Crippen LogP contribution in [0.15, 0.2) is 42.5 Å². The van der Waals surface area contributed by atoms with Gasteiger partial charge in [-0.3, -0.25) is 10.1 Å². The molecule has 5 nitrogen and oxygen atoms in total. The van der Waals surface area contributed by atoms with Crippen LogP contribution in [0.3, 0.4) is 0 Å². The number of nitrogens with two attached hydrogens (primary N) is 1. The highest BCUT2D eigenvalue weighted by atomic mass is 19.1. The van der Waals surface area contributed by atoms with Gasteiger partial charge in [0.2, 0.25) is 0 Å². The van der Waals surface area contributed by atoms with Crippen LogP contribution in [-0.4, -0.2) is 4.92 Å². The molecule has 1 unspecified atom stereocenters. The first kappa shape index (κ1) is 14.9. The monoisotopic (exact) mass is 290 g/mol. The second-order valence-electron chi connectivity index (χ2n) is 4.65. The predicted octanol–water partition coefficient (Wildman–Crippen LogP) is 3.33. The first-order chi connectivity index (χ1) is 9.99. The Morgan fingerprint density at radius 3 is 2.71 bits per heavy atom. The zero-order valence-corrected chi connectivity index (χ0v) is 11.5. The molecule has 0 radical (unpaired) electrons. The number of rotatable bonds is 5. The zero-order chi connectivity index (χ0) is 15.4. The summed E-state index contributed by atoms with van der Waals surface area (Å²) in [7, 11) is 0. The molecule has 2 N–H and O–H groups in total. The maximum Gasteiger partial charge on any atom is 0.276 e. The average molecular weight is 290 g/mol. The maximum absolute atomic E-state index is 13.2. The van der Waals surface area contributed by atoms with Gasteiger partial charge in [-0.05, 0) is 25.1 Å². The molecule has 0 aliphatic rings. The van der Waals surface area contributed by atoms with Crippen LogP contribution in [0.4, 0.5) is 10.1 Å². The highest BCUT2D eigenvalue weighted by Crippen LogP contribution is 2.26. The van der Waals surface area contributed by atoms with Crippen LogP contribution in [-0.2, 0) is 6.61 Å². The van der Waals surface area contributed by atoms with E-state index in [1.165, 1.54) is 0 Å². The minimum absolute atomic E-state index is 0.0994. The summed E-state index contributed by atoms with van der Waals surface area (Å²) in [5.41, 5.74) is 6.63. The molecule has 0 saturated carbocycles. The van der Waals surface area contributed by atoms with Crippen molar-refractivity contribution >= 4 is 5.69 Å². The Balaban J connectivity index is 2.25. The lowest BCUT2D eigenvalue weighted by Gasteiger charge is -2.13. The zero-order valence-electron chi connectivity index (χ0n) is 11.5. The van der Waals surface area contributed by atoms with E-state index in [0.29, 0.717) is 5.75 Å². The summed E-state index contributed by atoms with van der Waals surface area (Å²) in [6.07, 6.45) is 0. The number of nitro groups is 1. The average Bonchev–Trinajstić information content (AvgIpc) is 2.45. The van der Waals surface area contributed by atoms with Crippen LogP contribution in [0.1, 0.15) is 24.1 Å². The smallest absolute Gasteiger partial charge is 0.276 e. The van der Waals surface area contributed by atoms with Crippen molar-refractivity contribution in [2.45, 2.75) is 19.6 Å². The summed E-state index contributed by atoms with van der Waals surface area (Å²) in [5, 5.41) is 10.9. The molecule has 0 aliphatic heterocycles. The highest BCUT2D eigenvalue weighted by molar-refractivity contribution is 5.41. The summed E-state index contributed by atoms with van der Waals surface area (Å²) < 4.78 is 18.8. The molecule has 21 heavy (non-hydrogen) atoms. The van der Waals surface area contributed by atoms with E-state index < -0.39 is 10.7 Å². The van der Waals surface area contributed by atoms with E-state index in [1.807, 2.05) is 19.1 Å². The van der Waals surface area contributed by atoms with E-state index in [4.69, 9.17) is 10.5 Å². The van der Waals surface area contributed by atoms with Crippen molar-refractivity contribution in [3.63, 3.8) is 0 Å². The molecular weight excluding hydrogens is 275 g/mol. The number of hydrogen-bond donors (Lipinski definition) is 1. The Kier molecular flexibility index (Phi) is 4.49. The highest BCUT2D eigenvalue weighted by Gasteiger charge is 2.16. The van der Waals surface area contributed by atoms with Gasteiger partial charge in [0, 0.05) is 17.7 Å².